The van der Waals surface area contributed by atoms with Gasteiger partial charge in [0, 0.05) is 19.2 Å². The number of esters is 1. The normalized spacial score (nSPS) is 11.2. The molecule has 4 nitrogen and oxygen atoms in total. The minimum Gasteiger partial charge on any atom is -0.469 e. The standard InChI is InChI=1S/C13H17F3N2O2/c1-20-12(19)5-3-2-4-8-17-11-7-6-10(9-18-11)13(14,15)16/h6-7,9H,2-5,8H2,1H3,(H,17,18). The van der Waals surface area contributed by atoms with Crippen LogP contribution in [0.25, 0.3) is 0 Å². The highest BCUT2D eigenvalue weighted by molar-refractivity contribution is 5.68. The Morgan fingerprint density at radius 3 is 2.60 bits per heavy atom. The number of aromatic nitrogens is 1. The summed E-state index contributed by atoms with van der Waals surface area (Å²) in [6, 6.07) is 2.30. The lowest BCUT2D eigenvalue weighted by molar-refractivity contribution is -0.140. The summed E-state index contributed by atoms with van der Waals surface area (Å²) in [6.45, 7) is 0.597. The average Bonchev–Trinajstić information content (AvgIpc) is 2.41. The third-order valence-corrected chi connectivity index (χ3v) is 2.68. The summed E-state index contributed by atoms with van der Waals surface area (Å²) < 4.78 is 41.4. The summed E-state index contributed by atoms with van der Waals surface area (Å²) in [5, 5.41) is 2.93. The summed E-state index contributed by atoms with van der Waals surface area (Å²) in [4.78, 5) is 14.5. The minimum atomic E-state index is -4.36. The molecule has 0 unspecified atom stereocenters. The van der Waals surface area contributed by atoms with Crippen LogP contribution in [0.1, 0.15) is 31.2 Å². The van der Waals surface area contributed by atoms with Crippen LogP contribution in [0.5, 0.6) is 0 Å². The lowest BCUT2D eigenvalue weighted by atomic mass is 10.2. The second-order valence-corrected chi connectivity index (χ2v) is 4.24. The van der Waals surface area contributed by atoms with E-state index in [0.717, 1.165) is 31.5 Å². The molecule has 0 fully saturated rings. The Morgan fingerprint density at radius 2 is 2.05 bits per heavy atom. The largest absolute Gasteiger partial charge is 0.469 e. The number of halogens is 3. The molecular weight excluding hydrogens is 273 g/mol. The van der Waals surface area contributed by atoms with Crippen LogP contribution in [0.15, 0.2) is 18.3 Å². The second-order valence-electron chi connectivity index (χ2n) is 4.24. The van der Waals surface area contributed by atoms with Gasteiger partial charge in [0.2, 0.25) is 0 Å². The number of anilines is 1. The maximum atomic E-state index is 12.3. The zero-order chi connectivity index (χ0) is 15.0. The van der Waals surface area contributed by atoms with Crippen LogP contribution < -0.4 is 5.32 Å². The highest BCUT2D eigenvalue weighted by atomic mass is 19.4. The molecule has 0 saturated carbocycles. The van der Waals surface area contributed by atoms with E-state index in [1.807, 2.05) is 0 Å². The SMILES string of the molecule is COC(=O)CCCCCNc1ccc(C(F)(F)F)cn1. The molecule has 1 rings (SSSR count). The van der Waals surface area contributed by atoms with Crippen molar-refractivity contribution in [1.82, 2.24) is 4.98 Å². The van der Waals surface area contributed by atoms with Crippen LogP contribution in [0.4, 0.5) is 19.0 Å². The third kappa shape index (κ3) is 5.90. The summed E-state index contributed by atoms with van der Waals surface area (Å²) in [5.74, 6) is 0.174. The van der Waals surface area contributed by atoms with Crippen LogP contribution in [0.3, 0.4) is 0 Å². The molecule has 0 aliphatic carbocycles. The quantitative estimate of drug-likeness (QED) is 0.618. The van der Waals surface area contributed by atoms with Gasteiger partial charge in [-0.25, -0.2) is 4.98 Å². The first-order valence-corrected chi connectivity index (χ1v) is 6.27. The molecule has 0 saturated heterocycles. The highest BCUT2D eigenvalue weighted by Crippen LogP contribution is 2.28. The Kier molecular flexibility index (Phi) is 6.27. The summed E-state index contributed by atoms with van der Waals surface area (Å²) in [6.07, 6.45) is -0.800. The van der Waals surface area contributed by atoms with E-state index in [1.165, 1.54) is 13.2 Å². The Hall–Kier alpha value is -1.79. The molecule has 0 aliphatic heterocycles. The predicted octanol–water partition coefficient (Wildman–Crippen LogP) is 3.25. The van der Waals surface area contributed by atoms with Crippen LogP contribution >= 0.6 is 0 Å². The van der Waals surface area contributed by atoms with Gasteiger partial charge in [0.25, 0.3) is 0 Å². The average molecular weight is 290 g/mol. The number of pyridine rings is 1. The first-order chi connectivity index (χ1) is 9.43. The fraction of sp³-hybridized carbons (Fsp3) is 0.538. The van der Waals surface area contributed by atoms with Gasteiger partial charge in [-0.3, -0.25) is 4.79 Å². The molecule has 0 aromatic carbocycles. The minimum absolute atomic E-state index is 0.234. The molecule has 0 atom stereocenters. The second kappa shape index (κ2) is 7.72. The summed E-state index contributed by atoms with van der Waals surface area (Å²) in [5.41, 5.74) is -0.763. The Bertz CT molecular complexity index is 419. The monoisotopic (exact) mass is 290 g/mol. The van der Waals surface area contributed by atoms with Crippen LogP contribution in [0.2, 0.25) is 0 Å². The van der Waals surface area contributed by atoms with Crippen molar-refractivity contribution in [1.29, 1.82) is 0 Å². The number of nitrogens with zero attached hydrogens (tertiary/aromatic N) is 1. The van der Waals surface area contributed by atoms with E-state index in [4.69, 9.17) is 0 Å². The topological polar surface area (TPSA) is 51.2 Å². The van der Waals surface area contributed by atoms with Crippen molar-refractivity contribution in [2.75, 3.05) is 19.0 Å². The van der Waals surface area contributed by atoms with Crippen molar-refractivity contribution < 1.29 is 22.7 Å². The van der Waals surface area contributed by atoms with Crippen LogP contribution in [-0.2, 0) is 15.7 Å². The van der Waals surface area contributed by atoms with E-state index >= 15 is 0 Å². The van der Waals surface area contributed by atoms with E-state index in [9.17, 15) is 18.0 Å². The molecule has 1 N–H and O–H groups in total. The fourth-order valence-corrected chi connectivity index (χ4v) is 1.56. The molecule has 1 aromatic rings. The van der Waals surface area contributed by atoms with Crippen molar-refractivity contribution in [3.63, 3.8) is 0 Å². The molecular formula is C13H17F3N2O2. The number of hydrogen-bond acceptors (Lipinski definition) is 4. The number of ether oxygens (including phenoxy) is 1. The van der Waals surface area contributed by atoms with E-state index in [-0.39, 0.29) is 5.97 Å². The molecule has 20 heavy (non-hydrogen) atoms. The molecule has 112 valence electrons. The lowest BCUT2D eigenvalue weighted by Crippen LogP contribution is -2.08. The molecule has 0 aliphatic rings. The third-order valence-electron chi connectivity index (χ3n) is 2.68. The van der Waals surface area contributed by atoms with Gasteiger partial charge >= 0.3 is 12.1 Å². The molecule has 0 bridgehead atoms. The Labute approximate surface area is 115 Å². The van der Waals surface area contributed by atoms with Gasteiger partial charge in [-0.2, -0.15) is 13.2 Å². The van der Waals surface area contributed by atoms with Crippen molar-refractivity contribution in [3.05, 3.63) is 23.9 Å². The van der Waals surface area contributed by atoms with E-state index < -0.39 is 11.7 Å². The van der Waals surface area contributed by atoms with E-state index in [0.29, 0.717) is 18.8 Å². The molecule has 1 aromatic heterocycles. The molecule has 7 heteroatoms. The van der Waals surface area contributed by atoms with Crippen LogP contribution in [-0.4, -0.2) is 24.6 Å². The van der Waals surface area contributed by atoms with Gasteiger partial charge in [-0.05, 0) is 25.0 Å². The van der Waals surface area contributed by atoms with Crippen molar-refractivity contribution in [2.45, 2.75) is 31.9 Å². The number of hydrogen-bond donors (Lipinski definition) is 1. The number of unbranched alkanes of at least 4 members (excludes halogenated alkanes) is 2. The van der Waals surface area contributed by atoms with Gasteiger partial charge in [0.1, 0.15) is 5.82 Å². The number of methoxy groups -OCH3 is 1. The lowest BCUT2D eigenvalue weighted by Gasteiger charge is -2.08. The summed E-state index contributed by atoms with van der Waals surface area (Å²) in [7, 11) is 1.35. The van der Waals surface area contributed by atoms with E-state index in [1.54, 1.807) is 0 Å². The smallest absolute Gasteiger partial charge is 0.417 e. The van der Waals surface area contributed by atoms with Gasteiger partial charge in [-0.1, -0.05) is 6.42 Å². The first-order valence-electron chi connectivity index (χ1n) is 6.27. The number of carbonyl (C=O) groups is 1. The van der Waals surface area contributed by atoms with Crippen LogP contribution in [0, 0.1) is 0 Å². The highest BCUT2D eigenvalue weighted by Gasteiger charge is 2.30. The van der Waals surface area contributed by atoms with Gasteiger partial charge < -0.3 is 10.1 Å². The Balaban J connectivity index is 2.21. The maximum absolute atomic E-state index is 12.3. The fourth-order valence-electron chi connectivity index (χ4n) is 1.56. The van der Waals surface area contributed by atoms with Gasteiger partial charge in [-0.15, -0.1) is 0 Å². The van der Waals surface area contributed by atoms with Crippen molar-refractivity contribution in [2.24, 2.45) is 0 Å². The van der Waals surface area contributed by atoms with Gasteiger partial charge in [0.05, 0.1) is 12.7 Å². The number of rotatable bonds is 7. The van der Waals surface area contributed by atoms with E-state index in [2.05, 4.69) is 15.0 Å². The number of nitrogens with one attached hydrogen (secondary N) is 1. The summed E-state index contributed by atoms with van der Waals surface area (Å²) >= 11 is 0. The predicted molar refractivity (Wildman–Crippen MR) is 68.2 cm³/mol. The van der Waals surface area contributed by atoms with Gasteiger partial charge in [0.15, 0.2) is 0 Å². The molecule has 0 amide bonds. The van der Waals surface area contributed by atoms with Crippen molar-refractivity contribution in [3.8, 4) is 0 Å². The number of alkyl halides is 3. The zero-order valence-corrected chi connectivity index (χ0v) is 11.2. The number of carbonyl (C=O) groups excluding carboxylic acids is 1. The zero-order valence-electron chi connectivity index (χ0n) is 11.2. The molecule has 0 spiro atoms. The first kappa shape index (κ1) is 16.3. The molecule has 0 radical (unpaired) electrons. The molecule has 1 heterocycles. The maximum Gasteiger partial charge on any atom is 0.417 e. The van der Waals surface area contributed by atoms with Crippen molar-refractivity contribution >= 4 is 11.8 Å². The Morgan fingerprint density at radius 1 is 1.30 bits per heavy atom.